The maximum absolute atomic E-state index is 12.8. The molecule has 1 fully saturated rings. The number of esters is 1. The van der Waals surface area contributed by atoms with Crippen LogP contribution in [0.3, 0.4) is 0 Å². The summed E-state index contributed by atoms with van der Waals surface area (Å²) in [5, 5.41) is 4.95. The molecule has 0 radical (unpaired) electrons. The van der Waals surface area contributed by atoms with Crippen LogP contribution in [0.2, 0.25) is 5.02 Å². The van der Waals surface area contributed by atoms with Gasteiger partial charge in [-0.1, -0.05) is 11.6 Å². The summed E-state index contributed by atoms with van der Waals surface area (Å²) in [6.45, 7) is 7.90. The third-order valence-corrected chi connectivity index (χ3v) is 5.25. The van der Waals surface area contributed by atoms with Gasteiger partial charge in [0.25, 0.3) is 0 Å². The molecule has 0 aliphatic carbocycles. The van der Waals surface area contributed by atoms with E-state index in [9.17, 15) is 4.79 Å². The summed E-state index contributed by atoms with van der Waals surface area (Å²) in [7, 11) is 3.54. The number of piperidine rings is 1. The summed E-state index contributed by atoms with van der Waals surface area (Å²) < 4.78 is 12.8. The predicted molar refractivity (Wildman–Crippen MR) is 113 cm³/mol. The number of carbonyl (C=O) groups excluding carboxylic acids is 1. The molecule has 1 aromatic heterocycles. The molecule has 2 aromatic rings. The van der Waals surface area contributed by atoms with E-state index in [-0.39, 0.29) is 17.8 Å². The van der Waals surface area contributed by atoms with Crippen molar-refractivity contribution in [1.82, 2.24) is 14.7 Å². The molecule has 0 N–H and O–H groups in total. The van der Waals surface area contributed by atoms with Gasteiger partial charge in [-0.2, -0.15) is 5.10 Å². The van der Waals surface area contributed by atoms with Gasteiger partial charge in [0.2, 0.25) is 0 Å². The van der Waals surface area contributed by atoms with Crippen molar-refractivity contribution in [1.29, 1.82) is 0 Å². The van der Waals surface area contributed by atoms with Gasteiger partial charge in [0.15, 0.2) is 0 Å². The number of carbonyl (C=O) groups is 1. The van der Waals surface area contributed by atoms with Crippen molar-refractivity contribution in [3.63, 3.8) is 0 Å². The van der Waals surface area contributed by atoms with Crippen LogP contribution in [0.15, 0.2) is 30.6 Å². The minimum atomic E-state index is -0.497. The number of aryl methyl sites for hydroxylation is 1. The van der Waals surface area contributed by atoms with Gasteiger partial charge in [-0.15, -0.1) is 0 Å². The Morgan fingerprint density at radius 3 is 2.66 bits per heavy atom. The number of hydrogen-bond acceptors (Lipinski definition) is 5. The SMILES string of the molecule is COc1cc(Cl)cc(CN2CC(C(=O)OC(C)(C)C)CC(c3cnn(C)c3)C2)c1. The molecule has 0 saturated carbocycles. The van der Waals surface area contributed by atoms with Gasteiger partial charge >= 0.3 is 5.97 Å². The minimum Gasteiger partial charge on any atom is -0.497 e. The summed E-state index contributed by atoms with van der Waals surface area (Å²) in [5.74, 6) is 0.627. The minimum absolute atomic E-state index is 0.139. The summed E-state index contributed by atoms with van der Waals surface area (Å²) in [6, 6.07) is 5.73. The zero-order chi connectivity index (χ0) is 21.2. The zero-order valence-corrected chi connectivity index (χ0v) is 18.6. The second kappa shape index (κ2) is 8.76. The van der Waals surface area contributed by atoms with Crippen molar-refractivity contribution in [2.75, 3.05) is 20.2 Å². The Hall–Kier alpha value is -2.05. The Morgan fingerprint density at radius 2 is 2.03 bits per heavy atom. The molecule has 0 amide bonds. The second-order valence-corrected chi connectivity index (χ2v) is 9.24. The smallest absolute Gasteiger partial charge is 0.310 e. The van der Waals surface area contributed by atoms with Crippen molar-refractivity contribution < 1.29 is 14.3 Å². The monoisotopic (exact) mass is 419 g/mol. The van der Waals surface area contributed by atoms with Gasteiger partial charge in [-0.05, 0) is 56.5 Å². The Balaban J connectivity index is 1.81. The summed E-state index contributed by atoms with van der Waals surface area (Å²) >= 11 is 6.24. The van der Waals surface area contributed by atoms with Crippen LogP contribution < -0.4 is 4.74 Å². The van der Waals surface area contributed by atoms with E-state index in [0.29, 0.717) is 18.1 Å². The fourth-order valence-electron chi connectivity index (χ4n) is 3.86. The topological polar surface area (TPSA) is 56.6 Å². The molecule has 0 bridgehead atoms. The molecule has 0 spiro atoms. The number of hydrogen-bond donors (Lipinski definition) is 0. The van der Waals surface area contributed by atoms with Crippen molar-refractivity contribution in [3.8, 4) is 5.75 Å². The highest BCUT2D eigenvalue weighted by Gasteiger charge is 2.35. The molecule has 1 aliphatic rings. The van der Waals surface area contributed by atoms with Crippen LogP contribution in [0.1, 0.15) is 44.2 Å². The Labute approximate surface area is 177 Å². The van der Waals surface area contributed by atoms with E-state index in [1.165, 1.54) is 0 Å². The van der Waals surface area contributed by atoms with E-state index in [1.807, 2.05) is 52.3 Å². The number of nitrogens with zero attached hydrogens (tertiary/aromatic N) is 3. The Bertz CT molecular complexity index is 859. The molecule has 158 valence electrons. The average Bonchev–Trinajstić information content (AvgIpc) is 3.06. The number of ether oxygens (including phenoxy) is 2. The molecule has 6 nitrogen and oxygen atoms in total. The van der Waals surface area contributed by atoms with Crippen molar-refractivity contribution in [2.45, 2.75) is 45.3 Å². The molecule has 2 atom stereocenters. The number of likely N-dealkylation sites (tertiary alicyclic amines) is 1. The van der Waals surface area contributed by atoms with E-state index in [4.69, 9.17) is 21.1 Å². The van der Waals surface area contributed by atoms with E-state index in [2.05, 4.69) is 10.00 Å². The number of aromatic nitrogens is 2. The highest BCUT2D eigenvalue weighted by atomic mass is 35.5. The molecule has 3 rings (SSSR count). The lowest BCUT2D eigenvalue weighted by Crippen LogP contribution is -2.43. The number of rotatable bonds is 5. The number of halogens is 1. The summed E-state index contributed by atoms with van der Waals surface area (Å²) in [6.07, 6.45) is 4.68. The third kappa shape index (κ3) is 5.97. The van der Waals surface area contributed by atoms with E-state index < -0.39 is 5.60 Å². The fourth-order valence-corrected chi connectivity index (χ4v) is 4.10. The van der Waals surface area contributed by atoms with Gasteiger partial charge in [0.05, 0.1) is 19.2 Å². The summed E-state index contributed by atoms with van der Waals surface area (Å²) in [5.41, 5.74) is 1.71. The van der Waals surface area contributed by atoms with Crippen LogP contribution in [0, 0.1) is 5.92 Å². The van der Waals surface area contributed by atoms with Crippen molar-refractivity contribution >= 4 is 17.6 Å². The molecule has 29 heavy (non-hydrogen) atoms. The lowest BCUT2D eigenvalue weighted by Gasteiger charge is -2.37. The van der Waals surface area contributed by atoms with Crippen molar-refractivity contribution in [3.05, 3.63) is 46.7 Å². The lowest BCUT2D eigenvalue weighted by molar-refractivity contribution is -0.162. The molecular weight excluding hydrogens is 390 g/mol. The second-order valence-electron chi connectivity index (χ2n) is 8.80. The predicted octanol–water partition coefficient (Wildman–Crippen LogP) is 4.03. The maximum atomic E-state index is 12.8. The quantitative estimate of drug-likeness (QED) is 0.685. The molecule has 1 saturated heterocycles. The fraction of sp³-hybridized carbons (Fsp3) is 0.545. The lowest BCUT2D eigenvalue weighted by atomic mass is 9.85. The Morgan fingerprint density at radius 1 is 1.28 bits per heavy atom. The first-order chi connectivity index (χ1) is 13.6. The van der Waals surface area contributed by atoms with Gasteiger partial charge in [0.1, 0.15) is 11.4 Å². The van der Waals surface area contributed by atoms with E-state index >= 15 is 0 Å². The maximum Gasteiger partial charge on any atom is 0.310 e. The normalized spacial score (nSPS) is 20.5. The van der Waals surface area contributed by atoms with Gasteiger partial charge < -0.3 is 9.47 Å². The highest BCUT2D eigenvalue weighted by molar-refractivity contribution is 6.30. The van der Waals surface area contributed by atoms with Crippen LogP contribution >= 0.6 is 11.6 Å². The van der Waals surface area contributed by atoms with Crippen LogP contribution in [0.4, 0.5) is 0 Å². The molecule has 7 heteroatoms. The first-order valence-corrected chi connectivity index (χ1v) is 10.3. The summed E-state index contributed by atoms with van der Waals surface area (Å²) in [4.78, 5) is 15.1. The van der Waals surface area contributed by atoms with Gasteiger partial charge in [0, 0.05) is 43.8 Å². The highest BCUT2D eigenvalue weighted by Crippen LogP contribution is 2.33. The van der Waals surface area contributed by atoms with E-state index in [1.54, 1.807) is 17.9 Å². The first-order valence-electron chi connectivity index (χ1n) is 9.90. The molecular formula is C22H30ClN3O3. The number of benzene rings is 1. The van der Waals surface area contributed by atoms with Gasteiger partial charge in [-0.3, -0.25) is 14.4 Å². The standard InChI is InChI=1S/C22H30ClN3O3/c1-22(2,3)29-21(27)17-8-16(18-10-24-25(4)12-18)13-26(14-17)11-15-6-19(23)9-20(7-15)28-5/h6-7,9-10,12,16-17H,8,11,13-14H2,1-5H3. The number of methoxy groups -OCH3 is 1. The molecule has 2 heterocycles. The Kier molecular flexibility index (Phi) is 6.54. The van der Waals surface area contributed by atoms with Crippen LogP contribution in [-0.4, -0.2) is 46.5 Å². The molecule has 2 unspecified atom stereocenters. The average molecular weight is 420 g/mol. The van der Waals surface area contributed by atoms with Gasteiger partial charge in [-0.25, -0.2) is 0 Å². The van der Waals surface area contributed by atoms with E-state index in [0.717, 1.165) is 29.8 Å². The zero-order valence-electron chi connectivity index (χ0n) is 17.8. The molecule has 1 aromatic carbocycles. The third-order valence-electron chi connectivity index (χ3n) is 5.04. The van der Waals surface area contributed by atoms with Crippen LogP contribution in [-0.2, 0) is 23.1 Å². The molecule has 1 aliphatic heterocycles. The van der Waals surface area contributed by atoms with Crippen LogP contribution in [0.25, 0.3) is 0 Å². The largest absolute Gasteiger partial charge is 0.497 e. The van der Waals surface area contributed by atoms with Crippen molar-refractivity contribution in [2.24, 2.45) is 13.0 Å². The van der Waals surface area contributed by atoms with Crippen LogP contribution in [0.5, 0.6) is 5.75 Å². The first kappa shape index (κ1) is 21.7.